The zero-order valence-corrected chi connectivity index (χ0v) is 14.4. The predicted octanol–water partition coefficient (Wildman–Crippen LogP) is 1.37. The number of nitrogens with one attached hydrogen (secondary N) is 1. The number of alkyl carbamates (subject to hydrolysis) is 1. The van der Waals surface area contributed by atoms with Crippen LogP contribution in [0.25, 0.3) is 0 Å². The first-order valence-electron chi connectivity index (χ1n) is 7.61. The molecule has 134 valence electrons. The molecule has 0 unspecified atom stereocenters. The highest BCUT2D eigenvalue weighted by molar-refractivity contribution is 5.80. The van der Waals surface area contributed by atoms with Gasteiger partial charge in [-0.15, -0.1) is 0 Å². The van der Waals surface area contributed by atoms with Gasteiger partial charge in [0.25, 0.3) is 0 Å². The van der Waals surface area contributed by atoms with Crippen LogP contribution >= 0.6 is 0 Å². The number of hydrogen-bond donors (Lipinski definition) is 3. The van der Waals surface area contributed by atoms with Gasteiger partial charge in [0, 0.05) is 0 Å². The minimum atomic E-state index is -2.15. The molecule has 0 saturated carbocycles. The van der Waals surface area contributed by atoms with E-state index in [2.05, 4.69) is 5.32 Å². The van der Waals surface area contributed by atoms with Crippen molar-refractivity contribution in [3.05, 3.63) is 35.9 Å². The molecule has 1 amide bonds. The highest BCUT2D eigenvalue weighted by Gasteiger charge is 2.41. The fraction of sp³-hybridized carbons (Fsp3) is 0.529. The van der Waals surface area contributed by atoms with E-state index in [9.17, 15) is 19.8 Å². The number of aliphatic hydroxyl groups is 2. The zero-order chi connectivity index (χ0) is 18.4. The molecular weight excluding hydrogens is 314 g/mol. The number of amides is 1. The van der Waals surface area contributed by atoms with Crippen LogP contribution < -0.4 is 5.32 Å². The largest absolute Gasteiger partial charge is 0.458 e. The molecule has 0 aromatic heterocycles. The minimum Gasteiger partial charge on any atom is -0.458 e. The second-order valence-electron chi connectivity index (χ2n) is 6.61. The highest BCUT2D eigenvalue weighted by Crippen LogP contribution is 2.17. The third-order valence-electron chi connectivity index (χ3n) is 3.11. The van der Waals surface area contributed by atoms with Crippen LogP contribution in [0.15, 0.2) is 30.3 Å². The molecule has 0 heterocycles. The molecule has 2 atom stereocenters. The van der Waals surface area contributed by atoms with Gasteiger partial charge in [-0.1, -0.05) is 30.3 Å². The van der Waals surface area contributed by atoms with Gasteiger partial charge in [-0.3, -0.25) is 0 Å². The Morgan fingerprint density at radius 2 is 1.75 bits per heavy atom. The monoisotopic (exact) mass is 339 g/mol. The summed E-state index contributed by atoms with van der Waals surface area (Å²) in [6.45, 7) is 5.78. The maximum atomic E-state index is 11.9. The van der Waals surface area contributed by atoms with Gasteiger partial charge in [-0.2, -0.15) is 0 Å². The highest BCUT2D eigenvalue weighted by atomic mass is 16.6. The second kappa shape index (κ2) is 8.12. The van der Waals surface area contributed by atoms with Crippen molar-refractivity contribution in [2.75, 3.05) is 6.54 Å². The number of benzene rings is 1. The summed E-state index contributed by atoms with van der Waals surface area (Å²) in [5.74, 6) is -0.970. The van der Waals surface area contributed by atoms with E-state index in [1.165, 1.54) is 0 Å². The number of ether oxygens (including phenoxy) is 2. The Morgan fingerprint density at radius 3 is 2.29 bits per heavy atom. The molecule has 0 spiro atoms. The van der Waals surface area contributed by atoms with E-state index < -0.39 is 29.4 Å². The van der Waals surface area contributed by atoms with Crippen molar-refractivity contribution in [2.24, 2.45) is 0 Å². The number of rotatable bonds is 6. The average Bonchev–Trinajstić information content (AvgIpc) is 2.49. The van der Waals surface area contributed by atoms with E-state index in [0.29, 0.717) is 0 Å². The Balaban J connectivity index is 2.44. The molecule has 1 rings (SSSR count). The van der Waals surface area contributed by atoms with Crippen molar-refractivity contribution in [2.45, 2.75) is 51.6 Å². The molecule has 24 heavy (non-hydrogen) atoms. The Kier molecular flexibility index (Phi) is 6.74. The van der Waals surface area contributed by atoms with Gasteiger partial charge in [0.15, 0.2) is 5.60 Å². The van der Waals surface area contributed by atoms with Crippen LogP contribution in [-0.4, -0.2) is 46.1 Å². The van der Waals surface area contributed by atoms with Crippen LogP contribution in [-0.2, 0) is 20.9 Å². The van der Waals surface area contributed by atoms with Crippen LogP contribution in [0, 0.1) is 0 Å². The average molecular weight is 339 g/mol. The van der Waals surface area contributed by atoms with Gasteiger partial charge in [0.05, 0.1) is 6.54 Å². The molecule has 1 aromatic rings. The van der Waals surface area contributed by atoms with Crippen molar-refractivity contribution in [1.82, 2.24) is 5.32 Å². The van der Waals surface area contributed by atoms with Crippen LogP contribution in [0.4, 0.5) is 4.79 Å². The molecule has 7 heteroatoms. The summed E-state index contributed by atoms with van der Waals surface area (Å²) in [7, 11) is 0. The standard InChI is InChI=1S/C17H25NO6/c1-16(2,3)24-14(20)17(4,22)13(19)10-18-15(21)23-11-12-8-6-5-7-9-12/h5-9,13,19,22H,10-11H2,1-4H3,(H,18,21)/t13-,17-/m1/s1. The fourth-order valence-corrected chi connectivity index (χ4v) is 1.67. The lowest BCUT2D eigenvalue weighted by atomic mass is 9.99. The molecular formula is C17H25NO6. The first kappa shape index (κ1) is 19.9. The topological polar surface area (TPSA) is 105 Å². The van der Waals surface area contributed by atoms with Crippen molar-refractivity contribution >= 4 is 12.1 Å². The van der Waals surface area contributed by atoms with Crippen LogP contribution in [0.2, 0.25) is 0 Å². The molecule has 1 aromatic carbocycles. The van der Waals surface area contributed by atoms with E-state index >= 15 is 0 Å². The van der Waals surface area contributed by atoms with Gasteiger partial charge < -0.3 is 25.0 Å². The molecule has 0 aliphatic carbocycles. The predicted molar refractivity (Wildman–Crippen MR) is 87.1 cm³/mol. The van der Waals surface area contributed by atoms with Crippen molar-refractivity contribution in [1.29, 1.82) is 0 Å². The molecule has 0 aliphatic heterocycles. The quantitative estimate of drug-likeness (QED) is 0.676. The number of aliphatic hydroxyl groups excluding tert-OH is 1. The molecule has 0 aliphatic rings. The SMILES string of the molecule is CC(C)(C)OC(=O)[C@](C)(O)[C@H](O)CNC(=O)OCc1ccccc1. The van der Waals surface area contributed by atoms with Gasteiger partial charge >= 0.3 is 12.1 Å². The second-order valence-corrected chi connectivity index (χ2v) is 6.61. The number of hydrogen-bond acceptors (Lipinski definition) is 6. The summed E-state index contributed by atoms with van der Waals surface area (Å²) in [5, 5.41) is 22.4. The van der Waals surface area contributed by atoms with E-state index in [-0.39, 0.29) is 13.2 Å². The van der Waals surface area contributed by atoms with Gasteiger partial charge in [-0.05, 0) is 33.3 Å². The maximum absolute atomic E-state index is 11.9. The maximum Gasteiger partial charge on any atom is 0.407 e. The summed E-state index contributed by atoms with van der Waals surface area (Å²) < 4.78 is 10.0. The Morgan fingerprint density at radius 1 is 1.17 bits per heavy atom. The van der Waals surface area contributed by atoms with Crippen molar-refractivity contribution in [3.8, 4) is 0 Å². The molecule has 0 fully saturated rings. The third kappa shape index (κ3) is 6.55. The van der Waals surface area contributed by atoms with E-state index in [1.807, 2.05) is 18.2 Å². The summed E-state index contributed by atoms with van der Waals surface area (Å²) in [6.07, 6.45) is -2.31. The summed E-state index contributed by atoms with van der Waals surface area (Å²) in [5.41, 5.74) is -2.14. The Labute approximate surface area is 141 Å². The van der Waals surface area contributed by atoms with Crippen LogP contribution in [0.3, 0.4) is 0 Å². The van der Waals surface area contributed by atoms with Gasteiger partial charge in [0.2, 0.25) is 0 Å². The van der Waals surface area contributed by atoms with Crippen LogP contribution in [0.1, 0.15) is 33.3 Å². The summed E-state index contributed by atoms with van der Waals surface area (Å²) >= 11 is 0. The smallest absolute Gasteiger partial charge is 0.407 e. The lowest BCUT2D eigenvalue weighted by Crippen LogP contribution is -2.54. The van der Waals surface area contributed by atoms with Crippen molar-refractivity contribution < 1.29 is 29.3 Å². The van der Waals surface area contributed by atoms with E-state index in [1.54, 1.807) is 32.9 Å². The van der Waals surface area contributed by atoms with Crippen molar-refractivity contribution in [3.63, 3.8) is 0 Å². The number of carbonyl (C=O) groups excluding carboxylic acids is 2. The summed E-state index contributed by atoms with van der Waals surface area (Å²) in [4.78, 5) is 23.5. The normalized spacial score (nSPS) is 15.1. The number of carbonyl (C=O) groups is 2. The lowest BCUT2D eigenvalue weighted by molar-refractivity contribution is -0.186. The number of esters is 1. The molecule has 0 saturated heterocycles. The Bertz CT molecular complexity index is 550. The molecule has 0 bridgehead atoms. The first-order valence-corrected chi connectivity index (χ1v) is 7.61. The molecule has 0 radical (unpaired) electrons. The lowest BCUT2D eigenvalue weighted by Gasteiger charge is -2.30. The van der Waals surface area contributed by atoms with Gasteiger partial charge in [-0.25, -0.2) is 9.59 Å². The zero-order valence-electron chi connectivity index (χ0n) is 14.4. The van der Waals surface area contributed by atoms with E-state index in [0.717, 1.165) is 12.5 Å². The van der Waals surface area contributed by atoms with Crippen LogP contribution in [0.5, 0.6) is 0 Å². The first-order chi connectivity index (χ1) is 11.0. The molecule has 3 N–H and O–H groups in total. The molecule has 7 nitrogen and oxygen atoms in total. The van der Waals surface area contributed by atoms with E-state index in [4.69, 9.17) is 9.47 Å². The summed E-state index contributed by atoms with van der Waals surface area (Å²) in [6, 6.07) is 9.08. The Hall–Kier alpha value is -2.12. The minimum absolute atomic E-state index is 0.0746. The third-order valence-corrected chi connectivity index (χ3v) is 3.11. The fourth-order valence-electron chi connectivity index (χ4n) is 1.67. The van der Waals surface area contributed by atoms with Gasteiger partial charge in [0.1, 0.15) is 18.3 Å².